The van der Waals surface area contributed by atoms with Crippen LogP contribution in [0, 0.1) is 0 Å². The van der Waals surface area contributed by atoms with Crippen LogP contribution in [0.4, 0.5) is 13.2 Å². The summed E-state index contributed by atoms with van der Waals surface area (Å²) in [5.41, 5.74) is -0.132. The van der Waals surface area contributed by atoms with Crippen molar-refractivity contribution in [1.82, 2.24) is 5.32 Å². The van der Waals surface area contributed by atoms with Gasteiger partial charge in [-0.25, -0.2) is 0 Å². The van der Waals surface area contributed by atoms with Gasteiger partial charge in [0.15, 0.2) is 0 Å². The molecule has 0 atom stereocenters. The van der Waals surface area contributed by atoms with E-state index >= 15 is 0 Å². The number of nitrogens with one attached hydrogen (secondary N) is 1. The van der Waals surface area contributed by atoms with Gasteiger partial charge in [0.1, 0.15) is 0 Å². The largest absolute Gasteiger partial charge is 0.390 e. The first kappa shape index (κ1) is 20.8. The molecule has 0 rings (SSSR count). The van der Waals surface area contributed by atoms with E-state index in [9.17, 15) is 13.2 Å². The molecule has 0 fully saturated rings. The molecule has 1 nitrogen and oxygen atoms in total. The molecule has 0 saturated heterocycles. The monoisotopic (exact) mass is 309 g/mol. The molecule has 0 aromatic heterocycles. The van der Waals surface area contributed by atoms with Crippen molar-refractivity contribution in [2.45, 2.75) is 103 Å². The molecular weight excluding hydrogens is 275 g/mol. The Kier molecular flexibility index (Phi) is 11.2. The van der Waals surface area contributed by atoms with Crippen LogP contribution in [0.15, 0.2) is 0 Å². The van der Waals surface area contributed by atoms with Gasteiger partial charge in [-0.3, -0.25) is 0 Å². The van der Waals surface area contributed by atoms with Crippen molar-refractivity contribution in [1.29, 1.82) is 0 Å². The zero-order chi connectivity index (χ0) is 16.2. The molecule has 0 aromatic carbocycles. The topological polar surface area (TPSA) is 12.0 Å². The molecule has 0 heterocycles. The van der Waals surface area contributed by atoms with Crippen LogP contribution in [-0.2, 0) is 0 Å². The summed E-state index contributed by atoms with van der Waals surface area (Å²) in [5.74, 6) is 0. The molecule has 0 amide bonds. The van der Waals surface area contributed by atoms with Gasteiger partial charge in [0, 0.05) is 12.1 Å². The van der Waals surface area contributed by atoms with Crippen LogP contribution in [0.5, 0.6) is 0 Å². The molecule has 0 unspecified atom stereocenters. The molecule has 0 bridgehead atoms. The van der Waals surface area contributed by atoms with E-state index in [0.717, 1.165) is 25.7 Å². The molecule has 0 aliphatic heterocycles. The first-order valence-corrected chi connectivity index (χ1v) is 8.65. The summed E-state index contributed by atoms with van der Waals surface area (Å²) >= 11 is 0. The first-order chi connectivity index (χ1) is 9.83. The number of hydrogen-bond donors (Lipinski definition) is 1. The Morgan fingerprint density at radius 2 is 1.19 bits per heavy atom. The summed E-state index contributed by atoms with van der Waals surface area (Å²) in [5, 5.41) is 3.19. The van der Waals surface area contributed by atoms with Gasteiger partial charge in [0.05, 0.1) is 6.42 Å². The van der Waals surface area contributed by atoms with Gasteiger partial charge < -0.3 is 5.32 Å². The van der Waals surface area contributed by atoms with Crippen molar-refractivity contribution in [3.8, 4) is 0 Å². The van der Waals surface area contributed by atoms with Crippen LogP contribution in [0.2, 0.25) is 0 Å². The zero-order valence-electron chi connectivity index (χ0n) is 14.1. The third-order valence-electron chi connectivity index (χ3n) is 4.12. The SMILES string of the molecule is CCCCCCC(C)(CCCCCC)NCCC(F)(F)F. The molecular formula is C17H34F3N. The molecule has 4 heteroatoms. The second kappa shape index (κ2) is 11.3. The molecule has 1 N–H and O–H groups in total. The van der Waals surface area contributed by atoms with Gasteiger partial charge >= 0.3 is 6.18 Å². The highest BCUT2D eigenvalue weighted by molar-refractivity contribution is 4.83. The highest BCUT2D eigenvalue weighted by atomic mass is 19.4. The van der Waals surface area contributed by atoms with Crippen molar-refractivity contribution in [3.63, 3.8) is 0 Å². The fourth-order valence-corrected chi connectivity index (χ4v) is 2.69. The van der Waals surface area contributed by atoms with Gasteiger partial charge in [-0.15, -0.1) is 0 Å². The lowest BCUT2D eigenvalue weighted by Gasteiger charge is -2.32. The van der Waals surface area contributed by atoms with Crippen molar-refractivity contribution in [3.05, 3.63) is 0 Å². The van der Waals surface area contributed by atoms with Crippen LogP contribution >= 0.6 is 0 Å². The van der Waals surface area contributed by atoms with Crippen molar-refractivity contribution in [2.24, 2.45) is 0 Å². The lowest BCUT2D eigenvalue weighted by atomic mass is 9.88. The molecule has 0 aliphatic carbocycles. The number of unbranched alkanes of at least 4 members (excludes halogenated alkanes) is 6. The van der Waals surface area contributed by atoms with Crippen LogP contribution < -0.4 is 5.32 Å². The van der Waals surface area contributed by atoms with E-state index in [2.05, 4.69) is 26.1 Å². The predicted octanol–water partition coefficient (Wildman–Crippen LogP) is 6.23. The fraction of sp³-hybridized carbons (Fsp3) is 1.00. The molecule has 0 radical (unpaired) electrons. The quantitative estimate of drug-likeness (QED) is 0.398. The fourth-order valence-electron chi connectivity index (χ4n) is 2.69. The standard InChI is InChI=1S/C17H34F3N/c1-4-6-8-10-12-16(3,13-11-9-7-5-2)21-15-14-17(18,19)20/h21H,4-15H2,1-3H3. The minimum absolute atomic E-state index is 0.0432. The lowest BCUT2D eigenvalue weighted by Crippen LogP contribution is -2.43. The van der Waals surface area contributed by atoms with E-state index in [1.54, 1.807) is 0 Å². The highest BCUT2D eigenvalue weighted by Gasteiger charge is 2.29. The minimum Gasteiger partial charge on any atom is -0.311 e. The average Bonchev–Trinajstić information content (AvgIpc) is 2.39. The van der Waals surface area contributed by atoms with E-state index < -0.39 is 12.6 Å². The maximum Gasteiger partial charge on any atom is 0.390 e. The highest BCUT2D eigenvalue weighted by Crippen LogP contribution is 2.24. The Bertz CT molecular complexity index is 227. The van der Waals surface area contributed by atoms with Crippen molar-refractivity contribution in [2.75, 3.05) is 6.54 Å². The van der Waals surface area contributed by atoms with Crippen molar-refractivity contribution < 1.29 is 13.2 Å². The third kappa shape index (κ3) is 13.2. The molecule has 0 aliphatic rings. The predicted molar refractivity (Wildman–Crippen MR) is 84.6 cm³/mol. The van der Waals surface area contributed by atoms with Gasteiger partial charge in [-0.05, 0) is 19.8 Å². The number of rotatable bonds is 13. The Balaban J connectivity index is 4.16. The Hall–Kier alpha value is -0.250. The lowest BCUT2D eigenvalue weighted by molar-refractivity contribution is -0.134. The maximum atomic E-state index is 12.3. The summed E-state index contributed by atoms with van der Waals surface area (Å²) in [6.45, 7) is 6.49. The maximum absolute atomic E-state index is 12.3. The van der Waals surface area contributed by atoms with Gasteiger partial charge in [-0.1, -0.05) is 65.2 Å². The van der Waals surface area contributed by atoms with E-state index in [1.165, 1.54) is 38.5 Å². The summed E-state index contributed by atoms with van der Waals surface area (Å²) in [6, 6.07) is 0. The second-order valence-corrected chi connectivity index (χ2v) is 6.47. The van der Waals surface area contributed by atoms with Crippen LogP contribution in [0.3, 0.4) is 0 Å². The van der Waals surface area contributed by atoms with E-state index in [0.29, 0.717) is 0 Å². The second-order valence-electron chi connectivity index (χ2n) is 6.47. The van der Waals surface area contributed by atoms with Crippen LogP contribution in [-0.4, -0.2) is 18.3 Å². The van der Waals surface area contributed by atoms with Crippen molar-refractivity contribution >= 4 is 0 Å². The molecule has 0 aromatic rings. The molecule has 0 spiro atoms. The van der Waals surface area contributed by atoms with E-state index in [1.807, 2.05) is 0 Å². The first-order valence-electron chi connectivity index (χ1n) is 8.65. The molecule has 0 saturated carbocycles. The smallest absolute Gasteiger partial charge is 0.311 e. The minimum atomic E-state index is -4.06. The summed E-state index contributed by atoms with van der Waals surface area (Å²) in [6.07, 6.45) is 6.57. The molecule has 21 heavy (non-hydrogen) atoms. The Morgan fingerprint density at radius 1 is 0.714 bits per heavy atom. The summed E-state index contributed by atoms with van der Waals surface area (Å²) in [7, 11) is 0. The molecule has 128 valence electrons. The number of hydrogen-bond acceptors (Lipinski definition) is 1. The van der Waals surface area contributed by atoms with E-state index in [-0.39, 0.29) is 12.1 Å². The Labute approximate surface area is 129 Å². The van der Waals surface area contributed by atoms with Gasteiger partial charge in [0.25, 0.3) is 0 Å². The number of alkyl halides is 3. The summed E-state index contributed by atoms with van der Waals surface area (Å²) in [4.78, 5) is 0. The number of halogens is 3. The normalized spacial score (nSPS) is 12.9. The summed E-state index contributed by atoms with van der Waals surface area (Å²) < 4.78 is 36.9. The van der Waals surface area contributed by atoms with Crippen LogP contribution in [0.1, 0.15) is 91.4 Å². The average molecular weight is 309 g/mol. The van der Waals surface area contributed by atoms with Crippen LogP contribution in [0.25, 0.3) is 0 Å². The van der Waals surface area contributed by atoms with Gasteiger partial charge in [0.2, 0.25) is 0 Å². The zero-order valence-corrected chi connectivity index (χ0v) is 14.1. The third-order valence-corrected chi connectivity index (χ3v) is 4.12. The Morgan fingerprint density at radius 3 is 1.57 bits per heavy atom. The van der Waals surface area contributed by atoms with E-state index in [4.69, 9.17) is 0 Å². The van der Waals surface area contributed by atoms with Gasteiger partial charge in [-0.2, -0.15) is 13.2 Å².